The smallest absolute Gasteiger partial charge is 0.164 e. The Bertz CT molecular complexity index is 1620. The molecule has 6 nitrogen and oxygen atoms in total. The molecule has 2 aromatic rings. The molecule has 8 atom stereocenters. The third-order valence-electron chi connectivity index (χ3n) is 14.2. The number of Topliss-reactive ketones (excluding diaryl/α,β-unsaturated/α-hetero) is 1. The van der Waals surface area contributed by atoms with Gasteiger partial charge in [0, 0.05) is 77.7 Å². The van der Waals surface area contributed by atoms with Crippen LogP contribution in [0.4, 0.5) is 10.2 Å². The summed E-state index contributed by atoms with van der Waals surface area (Å²) in [5, 5.41) is 24.0. The molecular weight excluding hydrogens is 613 g/mol. The SMILES string of the molecule is CC12CCC(O)CC13C=CC1(C(C(=O)Cc4c(F)cccc4Cl)=C3)C2CCC2(C)C1CCC2(O)CN1CCN(c2ccccn2)CC1. The maximum absolute atomic E-state index is 15.1. The number of pyridine rings is 1. The number of rotatable bonds is 6. The number of carbonyl (C=O) groups is 1. The first-order valence-electron chi connectivity index (χ1n) is 17.6. The monoisotopic (exact) mass is 659 g/mol. The van der Waals surface area contributed by atoms with Crippen LogP contribution < -0.4 is 4.90 Å². The highest BCUT2D eigenvalue weighted by Crippen LogP contribution is 2.78. The van der Waals surface area contributed by atoms with Gasteiger partial charge in [-0.25, -0.2) is 9.37 Å². The number of aliphatic hydroxyl groups excluding tert-OH is 1. The highest BCUT2D eigenvalue weighted by atomic mass is 35.5. The van der Waals surface area contributed by atoms with Crippen molar-refractivity contribution in [2.24, 2.45) is 33.5 Å². The van der Waals surface area contributed by atoms with Crippen molar-refractivity contribution in [3.05, 3.63) is 82.8 Å². The molecule has 8 unspecified atom stereocenters. The number of benzene rings is 1. The van der Waals surface area contributed by atoms with Crippen molar-refractivity contribution < 1.29 is 19.4 Å². The summed E-state index contributed by atoms with van der Waals surface area (Å²) in [6.45, 7) is 8.76. The van der Waals surface area contributed by atoms with Crippen molar-refractivity contribution >= 4 is 23.2 Å². The minimum atomic E-state index is -0.892. The van der Waals surface area contributed by atoms with Crippen molar-refractivity contribution in [3.8, 4) is 0 Å². The van der Waals surface area contributed by atoms with E-state index < -0.39 is 33.8 Å². The normalized spacial score (nSPS) is 40.9. The number of aromatic nitrogens is 1. The minimum Gasteiger partial charge on any atom is -0.393 e. The Labute approximate surface area is 282 Å². The lowest BCUT2D eigenvalue weighted by molar-refractivity contribution is -0.179. The Kier molecular flexibility index (Phi) is 7.39. The molecule has 1 aromatic heterocycles. The molecule has 8 heteroatoms. The number of piperazine rings is 1. The van der Waals surface area contributed by atoms with E-state index in [4.69, 9.17) is 11.6 Å². The molecule has 250 valence electrons. The third-order valence-corrected chi connectivity index (χ3v) is 14.6. The number of carbonyl (C=O) groups excluding carboxylic acids is 1. The van der Waals surface area contributed by atoms with Crippen LogP contribution in [0.25, 0.3) is 0 Å². The minimum absolute atomic E-state index is 0.0677. The molecule has 3 saturated carbocycles. The van der Waals surface area contributed by atoms with Gasteiger partial charge in [0.15, 0.2) is 5.78 Å². The van der Waals surface area contributed by atoms with Crippen LogP contribution >= 0.6 is 11.6 Å². The van der Waals surface area contributed by atoms with E-state index in [0.29, 0.717) is 19.4 Å². The fourth-order valence-electron chi connectivity index (χ4n) is 11.7. The number of nitrogens with zero attached hydrogens (tertiary/aromatic N) is 3. The van der Waals surface area contributed by atoms with E-state index in [-0.39, 0.29) is 40.0 Å². The van der Waals surface area contributed by atoms with Crippen LogP contribution in [0.5, 0.6) is 0 Å². The van der Waals surface area contributed by atoms with E-state index in [1.807, 2.05) is 18.3 Å². The zero-order chi connectivity index (χ0) is 32.8. The molecule has 1 saturated heterocycles. The topological polar surface area (TPSA) is 76.9 Å². The lowest BCUT2D eigenvalue weighted by Gasteiger charge is -2.71. The highest BCUT2D eigenvalue weighted by Gasteiger charge is 2.74. The fourth-order valence-corrected chi connectivity index (χ4v) is 11.9. The van der Waals surface area contributed by atoms with Gasteiger partial charge in [0.05, 0.1) is 11.7 Å². The molecule has 0 amide bonds. The zero-order valence-electron chi connectivity index (χ0n) is 27.6. The number of allylic oxidation sites excluding steroid dienone is 4. The van der Waals surface area contributed by atoms with Crippen LogP contribution in [0.3, 0.4) is 0 Å². The van der Waals surface area contributed by atoms with Gasteiger partial charge in [0.2, 0.25) is 0 Å². The Morgan fingerprint density at radius 2 is 1.72 bits per heavy atom. The van der Waals surface area contributed by atoms with Crippen molar-refractivity contribution in [1.29, 1.82) is 0 Å². The van der Waals surface area contributed by atoms with E-state index in [0.717, 1.165) is 69.7 Å². The molecule has 7 aliphatic rings. The zero-order valence-corrected chi connectivity index (χ0v) is 28.4. The van der Waals surface area contributed by atoms with Gasteiger partial charge >= 0.3 is 0 Å². The molecule has 2 N–H and O–H groups in total. The number of halogens is 2. The summed E-state index contributed by atoms with van der Waals surface area (Å²) in [6.07, 6.45) is 13.8. The molecule has 47 heavy (non-hydrogen) atoms. The molecule has 2 spiro atoms. The Balaban J connectivity index is 1.13. The average molecular weight is 660 g/mol. The summed E-state index contributed by atoms with van der Waals surface area (Å²) in [5.41, 5.74) is -1.36. The second-order valence-corrected chi connectivity index (χ2v) is 16.5. The molecular formula is C39H47ClFN3O3. The van der Waals surface area contributed by atoms with Gasteiger partial charge in [-0.2, -0.15) is 0 Å². The van der Waals surface area contributed by atoms with Gasteiger partial charge in [-0.05, 0) is 86.5 Å². The summed E-state index contributed by atoms with van der Waals surface area (Å²) >= 11 is 6.46. The second-order valence-electron chi connectivity index (χ2n) is 16.1. The molecule has 1 aromatic carbocycles. The molecule has 6 aliphatic carbocycles. The van der Waals surface area contributed by atoms with E-state index in [1.54, 1.807) is 12.1 Å². The molecule has 0 radical (unpaired) electrons. The average Bonchev–Trinajstić information content (AvgIpc) is 3.33. The number of ketones is 1. The van der Waals surface area contributed by atoms with Crippen molar-refractivity contribution in [3.63, 3.8) is 0 Å². The van der Waals surface area contributed by atoms with Crippen LogP contribution in [0, 0.1) is 39.3 Å². The van der Waals surface area contributed by atoms with Gasteiger partial charge in [0.1, 0.15) is 11.6 Å². The first kappa shape index (κ1) is 31.7. The number of hydrogen-bond donors (Lipinski definition) is 2. The predicted octanol–water partition coefficient (Wildman–Crippen LogP) is 6.40. The number of hydrogen-bond acceptors (Lipinski definition) is 6. The largest absolute Gasteiger partial charge is 0.393 e. The number of fused-ring (bicyclic) bond motifs is 1. The first-order chi connectivity index (χ1) is 22.4. The summed E-state index contributed by atoms with van der Waals surface area (Å²) in [6, 6.07) is 10.6. The van der Waals surface area contributed by atoms with Gasteiger partial charge in [-0.3, -0.25) is 9.69 Å². The number of β-amino-alcohol motifs (C(OH)–C–C–N with tert-alkyl or cyclic N) is 1. The lowest BCUT2D eigenvalue weighted by atomic mass is 9.32. The van der Waals surface area contributed by atoms with E-state index in [9.17, 15) is 15.0 Å². The summed E-state index contributed by atoms with van der Waals surface area (Å²) in [4.78, 5) is 23.9. The summed E-state index contributed by atoms with van der Waals surface area (Å²) < 4.78 is 15.1. The van der Waals surface area contributed by atoms with Crippen LogP contribution in [-0.4, -0.2) is 70.3 Å². The van der Waals surface area contributed by atoms with Crippen LogP contribution in [0.15, 0.2) is 66.4 Å². The standard InChI is InChI=1S/C39H47ClFN3O3/c1-35-12-9-26(45)23-37(35)15-16-39(28(24-37)31(46)22-27-29(40)6-5-7-30(27)41)32(35)10-13-36(2)33(39)11-14-38(36,47)25-43-18-20-44(21-19-43)34-8-3-4-17-42-34/h3-8,15-17,24,26,32-33,45,47H,9-14,18-23,25H2,1-2H3. The quantitative estimate of drug-likeness (QED) is 0.350. The fraction of sp³-hybridized carbons (Fsp3) is 0.590. The predicted molar refractivity (Wildman–Crippen MR) is 182 cm³/mol. The first-order valence-corrected chi connectivity index (χ1v) is 18.0. The Morgan fingerprint density at radius 3 is 2.47 bits per heavy atom. The molecule has 2 bridgehead atoms. The van der Waals surface area contributed by atoms with Crippen LogP contribution in [0.1, 0.15) is 64.4 Å². The van der Waals surface area contributed by atoms with Crippen molar-refractivity contribution in [1.82, 2.24) is 9.88 Å². The summed E-state index contributed by atoms with van der Waals surface area (Å²) in [5.74, 6) is 0.726. The Hall–Kier alpha value is -2.58. The molecule has 9 rings (SSSR count). The Morgan fingerprint density at radius 1 is 0.979 bits per heavy atom. The van der Waals surface area contributed by atoms with Gasteiger partial charge < -0.3 is 15.1 Å². The molecule has 1 aliphatic heterocycles. The maximum atomic E-state index is 15.1. The number of anilines is 1. The van der Waals surface area contributed by atoms with Gasteiger partial charge in [-0.1, -0.05) is 55.8 Å². The second kappa shape index (κ2) is 11.0. The van der Waals surface area contributed by atoms with Crippen molar-refractivity contribution in [2.75, 3.05) is 37.6 Å². The van der Waals surface area contributed by atoms with Gasteiger partial charge in [-0.15, -0.1) is 0 Å². The lowest BCUT2D eigenvalue weighted by Crippen LogP contribution is -2.67. The third kappa shape index (κ3) is 4.45. The van der Waals surface area contributed by atoms with E-state index in [1.165, 1.54) is 6.07 Å². The van der Waals surface area contributed by atoms with Crippen molar-refractivity contribution in [2.45, 2.75) is 76.9 Å². The van der Waals surface area contributed by atoms with E-state index >= 15 is 4.39 Å². The van der Waals surface area contributed by atoms with Crippen LogP contribution in [-0.2, 0) is 11.2 Å². The maximum Gasteiger partial charge on any atom is 0.164 e. The number of aliphatic hydroxyl groups is 2. The molecule has 2 heterocycles. The highest BCUT2D eigenvalue weighted by molar-refractivity contribution is 6.31. The summed E-state index contributed by atoms with van der Waals surface area (Å²) in [7, 11) is 0. The van der Waals surface area contributed by atoms with Gasteiger partial charge in [0.25, 0.3) is 0 Å². The molecule has 4 fully saturated rings. The van der Waals surface area contributed by atoms with E-state index in [2.05, 4.69) is 52.9 Å². The van der Waals surface area contributed by atoms with Crippen LogP contribution in [0.2, 0.25) is 5.02 Å².